The summed E-state index contributed by atoms with van der Waals surface area (Å²) in [6.07, 6.45) is -0.595. The molecule has 4 saturated heterocycles. The number of amides is 2. The van der Waals surface area contributed by atoms with Gasteiger partial charge in [0.2, 0.25) is 17.6 Å². The zero-order chi connectivity index (χ0) is 26.5. The third kappa shape index (κ3) is 4.64. The van der Waals surface area contributed by atoms with Crippen LogP contribution in [0.1, 0.15) is 38.4 Å². The van der Waals surface area contributed by atoms with Gasteiger partial charge in [-0.3, -0.25) is 14.5 Å². The number of carbonyl (C=O) groups is 2. The smallest absolute Gasteiger partial charge is 0.356 e. The molecule has 1 aromatic rings. The molecular formula is C25H34F3N7O2. The van der Waals surface area contributed by atoms with Crippen molar-refractivity contribution in [2.75, 3.05) is 62.7 Å². The molecular weight excluding hydrogens is 487 g/mol. The van der Waals surface area contributed by atoms with Crippen LogP contribution in [0.25, 0.3) is 0 Å². The van der Waals surface area contributed by atoms with Crippen molar-refractivity contribution in [1.29, 1.82) is 0 Å². The number of halogens is 3. The molecule has 2 amide bonds. The fourth-order valence-electron chi connectivity index (χ4n) is 6.25. The Hall–Kier alpha value is -2.89. The van der Waals surface area contributed by atoms with Crippen LogP contribution < -0.4 is 9.80 Å². The Morgan fingerprint density at radius 3 is 2.27 bits per heavy atom. The molecule has 202 valence electrons. The molecule has 5 rings (SSSR count). The number of aromatic nitrogens is 2. The van der Waals surface area contributed by atoms with Gasteiger partial charge in [0.25, 0.3) is 0 Å². The third-order valence-electron chi connectivity index (χ3n) is 8.86. The second-order valence-corrected chi connectivity index (χ2v) is 10.6. The van der Waals surface area contributed by atoms with Gasteiger partial charge in [-0.05, 0) is 32.3 Å². The minimum atomic E-state index is -4.65. The summed E-state index contributed by atoms with van der Waals surface area (Å²) < 4.78 is 41.3. The lowest BCUT2D eigenvalue weighted by Gasteiger charge is -2.53. The lowest BCUT2D eigenvalue weighted by atomic mass is 9.85. The highest BCUT2D eigenvalue weighted by Crippen LogP contribution is 2.40. The summed E-state index contributed by atoms with van der Waals surface area (Å²) in [5, 5.41) is 0. The second kappa shape index (κ2) is 9.45. The average molecular weight is 522 g/mol. The average Bonchev–Trinajstić information content (AvgIpc) is 3.16. The predicted molar refractivity (Wildman–Crippen MR) is 132 cm³/mol. The van der Waals surface area contributed by atoms with Crippen LogP contribution in [0.3, 0.4) is 0 Å². The number of piperazine rings is 1. The fraction of sp³-hybridized carbons (Fsp3) is 0.680. The molecule has 9 nitrogen and oxygen atoms in total. The molecule has 0 aliphatic carbocycles. The van der Waals surface area contributed by atoms with E-state index in [0.29, 0.717) is 52.0 Å². The Bertz CT molecular complexity index is 1060. The number of piperidine rings is 1. The summed E-state index contributed by atoms with van der Waals surface area (Å²) in [6, 6.07) is 1.83. The van der Waals surface area contributed by atoms with Crippen LogP contribution in [0, 0.1) is 0 Å². The van der Waals surface area contributed by atoms with Gasteiger partial charge in [0.05, 0.1) is 0 Å². The maximum atomic E-state index is 13.8. The van der Waals surface area contributed by atoms with E-state index in [4.69, 9.17) is 0 Å². The van der Waals surface area contributed by atoms with Crippen molar-refractivity contribution in [3.8, 4) is 0 Å². The number of rotatable bonds is 4. The maximum absolute atomic E-state index is 13.8. The first kappa shape index (κ1) is 25.7. The van der Waals surface area contributed by atoms with Crippen LogP contribution in [-0.2, 0) is 15.8 Å². The molecule has 12 heteroatoms. The number of nitrogens with zero attached hydrogens (tertiary/aromatic N) is 7. The third-order valence-corrected chi connectivity index (χ3v) is 8.86. The highest BCUT2D eigenvalue weighted by molar-refractivity contribution is 5.87. The number of hydrogen-bond acceptors (Lipinski definition) is 7. The Labute approximate surface area is 214 Å². The van der Waals surface area contributed by atoms with Gasteiger partial charge in [0.15, 0.2) is 0 Å². The SMILES string of the molecule is C=CC(=O)N1CCN([C@@H]2CN(c3cc(N4CCC5(CCC(=O)N5C)CC4)nc(C(F)(F)F)n3)[C@@H]2C)CC1. The summed E-state index contributed by atoms with van der Waals surface area (Å²) in [4.78, 5) is 41.4. The number of hydrogen-bond donors (Lipinski definition) is 0. The zero-order valence-corrected chi connectivity index (χ0v) is 21.4. The van der Waals surface area contributed by atoms with Crippen molar-refractivity contribution >= 4 is 23.5 Å². The standard InChI is InChI=1S/C25H34F3N7O2/c1-4-21(36)34-13-11-32(12-14-34)18-16-35(17(18)2)20-15-19(29-23(30-20)25(26,27)28)33-9-7-24(8-10-33)6-5-22(37)31(24)3/h4,15,17-18H,1,5-14,16H2,2-3H3/t17-,18-/m1/s1. The van der Waals surface area contributed by atoms with E-state index < -0.39 is 12.0 Å². The summed E-state index contributed by atoms with van der Waals surface area (Å²) in [5.41, 5.74) is -0.199. The van der Waals surface area contributed by atoms with Gasteiger partial charge in [-0.2, -0.15) is 13.2 Å². The summed E-state index contributed by atoms with van der Waals surface area (Å²) in [6.45, 7) is 9.85. The van der Waals surface area contributed by atoms with E-state index in [-0.39, 0.29) is 41.1 Å². The van der Waals surface area contributed by atoms with Gasteiger partial charge < -0.3 is 19.6 Å². The van der Waals surface area contributed by atoms with E-state index in [1.165, 1.54) is 6.08 Å². The van der Waals surface area contributed by atoms with Gasteiger partial charge >= 0.3 is 6.18 Å². The van der Waals surface area contributed by atoms with E-state index in [1.54, 1.807) is 11.0 Å². The molecule has 5 heterocycles. The van der Waals surface area contributed by atoms with Crippen LogP contribution in [0.15, 0.2) is 18.7 Å². The molecule has 1 aromatic heterocycles. The van der Waals surface area contributed by atoms with E-state index in [9.17, 15) is 22.8 Å². The van der Waals surface area contributed by atoms with E-state index >= 15 is 0 Å². The first-order valence-corrected chi connectivity index (χ1v) is 12.9. The van der Waals surface area contributed by atoms with E-state index in [2.05, 4.69) is 21.4 Å². The lowest BCUT2D eigenvalue weighted by molar-refractivity contribution is -0.145. The minimum absolute atomic E-state index is 0.0201. The first-order valence-electron chi connectivity index (χ1n) is 12.9. The number of alkyl halides is 3. The highest BCUT2D eigenvalue weighted by atomic mass is 19.4. The van der Waals surface area contributed by atoms with Gasteiger partial charge in [-0.25, -0.2) is 9.97 Å². The quantitative estimate of drug-likeness (QED) is 0.561. The molecule has 4 fully saturated rings. The summed E-state index contributed by atoms with van der Waals surface area (Å²) >= 11 is 0. The first-order chi connectivity index (χ1) is 17.5. The van der Waals surface area contributed by atoms with Crippen LogP contribution in [0.2, 0.25) is 0 Å². The van der Waals surface area contributed by atoms with Crippen LogP contribution in [0.5, 0.6) is 0 Å². The molecule has 2 atom stereocenters. The number of carbonyl (C=O) groups excluding carboxylic acids is 2. The molecule has 1 spiro atoms. The number of anilines is 2. The number of likely N-dealkylation sites (tertiary alicyclic amines) is 1. The van der Waals surface area contributed by atoms with Crippen LogP contribution in [-0.4, -0.2) is 107 Å². The van der Waals surface area contributed by atoms with Crippen LogP contribution in [0.4, 0.5) is 24.8 Å². The molecule has 4 aliphatic rings. The van der Waals surface area contributed by atoms with Crippen molar-refractivity contribution in [3.63, 3.8) is 0 Å². The van der Waals surface area contributed by atoms with Gasteiger partial charge in [0, 0.05) is 83.0 Å². The second-order valence-electron chi connectivity index (χ2n) is 10.6. The molecule has 0 radical (unpaired) electrons. The van der Waals surface area contributed by atoms with Crippen molar-refractivity contribution in [1.82, 2.24) is 24.7 Å². The minimum Gasteiger partial charge on any atom is -0.356 e. The monoisotopic (exact) mass is 521 g/mol. The summed E-state index contributed by atoms with van der Waals surface area (Å²) in [5.74, 6) is -0.500. The lowest BCUT2D eigenvalue weighted by Crippen LogP contribution is -2.68. The van der Waals surface area contributed by atoms with E-state index in [1.807, 2.05) is 28.7 Å². The molecule has 0 aromatic carbocycles. The molecule has 0 unspecified atom stereocenters. The normalized spacial score (nSPS) is 26.6. The highest BCUT2D eigenvalue weighted by Gasteiger charge is 2.46. The molecule has 0 bridgehead atoms. The van der Waals surface area contributed by atoms with Crippen molar-refractivity contribution in [2.45, 2.75) is 56.4 Å². The van der Waals surface area contributed by atoms with E-state index in [0.717, 1.165) is 19.5 Å². The van der Waals surface area contributed by atoms with Crippen molar-refractivity contribution in [2.24, 2.45) is 0 Å². The van der Waals surface area contributed by atoms with Crippen molar-refractivity contribution in [3.05, 3.63) is 24.5 Å². The van der Waals surface area contributed by atoms with Gasteiger partial charge in [-0.1, -0.05) is 6.58 Å². The van der Waals surface area contributed by atoms with Gasteiger partial charge in [0.1, 0.15) is 11.6 Å². The Kier molecular flexibility index (Phi) is 6.57. The molecule has 0 saturated carbocycles. The van der Waals surface area contributed by atoms with Gasteiger partial charge in [-0.15, -0.1) is 0 Å². The largest absolute Gasteiger partial charge is 0.451 e. The fourth-order valence-corrected chi connectivity index (χ4v) is 6.25. The molecule has 37 heavy (non-hydrogen) atoms. The summed E-state index contributed by atoms with van der Waals surface area (Å²) in [7, 11) is 1.83. The predicted octanol–water partition coefficient (Wildman–Crippen LogP) is 1.99. The van der Waals surface area contributed by atoms with Crippen molar-refractivity contribution < 1.29 is 22.8 Å². The topological polar surface area (TPSA) is 76.1 Å². The Morgan fingerprint density at radius 1 is 1.08 bits per heavy atom. The van der Waals surface area contributed by atoms with Crippen LogP contribution >= 0.6 is 0 Å². The molecule has 4 aliphatic heterocycles. The zero-order valence-electron chi connectivity index (χ0n) is 21.4. The Balaban J connectivity index is 1.29. The maximum Gasteiger partial charge on any atom is 0.451 e. The molecule has 0 N–H and O–H groups in total. The Morgan fingerprint density at radius 2 is 1.73 bits per heavy atom.